The molecule has 1 aliphatic carbocycles. The zero-order valence-corrected chi connectivity index (χ0v) is 11.5. The average Bonchev–Trinajstić information content (AvgIpc) is 2.42. The Morgan fingerprint density at radius 2 is 2.06 bits per heavy atom. The number of nitrogens with zero attached hydrogens (tertiary/aromatic N) is 1. The van der Waals surface area contributed by atoms with Crippen molar-refractivity contribution in [1.82, 2.24) is 0 Å². The Bertz CT molecular complexity index is 442. The molecular weight excluding hydrogens is 244 g/mol. The molecule has 96 valence electrons. The lowest BCUT2D eigenvalue weighted by molar-refractivity contribution is 0.330. The van der Waals surface area contributed by atoms with E-state index in [-0.39, 0.29) is 0 Å². The number of benzene rings is 1. The summed E-state index contributed by atoms with van der Waals surface area (Å²) >= 11 is 6.16. The Balaban J connectivity index is 2.00. The molecule has 1 aromatic rings. The fourth-order valence-corrected chi connectivity index (χ4v) is 2.81. The second-order valence-corrected chi connectivity index (χ2v) is 5.48. The normalized spacial score (nSPS) is 23.4. The second kappa shape index (κ2) is 6.11. The SMILES string of the molecule is CCC1CCC(Nc2cc(C#N)ccc2Cl)CC1. The van der Waals surface area contributed by atoms with Gasteiger partial charge in [-0.1, -0.05) is 24.9 Å². The molecule has 2 nitrogen and oxygen atoms in total. The summed E-state index contributed by atoms with van der Waals surface area (Å²) in [5, 5.41) is 13.1. The van der Waals surface area contributed by atoms with Gasteiger partial charge in [0.2, 0.25) is 0 Å². The summed E-state index contributed by atoms with van der Waals surface area (Å²) in [7, 11) is 0. The van der Waals surface area contributed by atoms with Gasteiger partial charge in [-0.2, -0.15) is 5.26 Å². The second-order valence-electron chi connectivity index (χ2n) is 5.08. The number of halogens is 1. The monoisotopic (exact) mass is 262 g/mol. The average molecular weight is 263 g/mol. The van der Waals surface area contributed by atoms with Crippen LogP contribution in [-0.2, 0) is 0 Å². The molecule has 1 N–H and O–H groups in total. The van der Waals surface area contributed by atoms with E-state index in [2.05, 4.69) is 18.3 Å². The van der Waals surface area contributed by atoms with Crippen LogP contribution in [0.3, 0.4) is 0 Å². The van der Waals surface area contributed by atoms with Gasteiger partial charge < -0.3 is 5.32 Å². The van der Waals surface area contributed by atoms with E-state index in [1.54, 1.807) is 12.1 Å². The zero-order chi connectivity index (χ0) is 13.0. The van der Waals surface area contributed by atoms with Crippen LogP contribution >= 0.6 is 11.6 Å². The molecule has 3 heteroatoms. The highest BCUT2D eigenvalue weighted by Gasteiger charge is 2.20. The van der Waals surface area contributed by atoms with E-state index in [9.17, 15) is 0 Å². The first kappa shape index (κ1) is 13.2. The minimum absolute atomic E-state index is 0.499. The molecule has 1 aliphatic rings. The summed E-state index contributed by atoms with van der Waals surface area (Å²) in [4.78, 5) is 0. The minimum Gasteiger partial charge on any atom is -0.381 e. The molecule has 0 amide bonds. The van der Waals surface area contributed by atoms with Crippen LogP contribution in [0.15, 0.2) is 18.2 Å². The summed E-state index contributed by atoms with van der Waals surface area (Å²) < 4.78 is 0. The minimum atomic E-state index is 0.499. The predicted molar refractivity (Wildman–Crippen MR) is 75.8 cm³/mol. The molecule has 1 fully saturated rings. The maximum Gasteiger partial charge on any atom is 0.0992 e. The topological polar surface area (TPSA) is 35.8 Å². The maximum atomic E-state index is 8.90. The molecule has 0 radical (unpaired) electrons. The molecule has 0 unspecified atom stereocenters. The van der Waals surface area contributed by atoms with E-state index in [0.29, 0.717) is 16.6 Å². The van der Waals surface area contributed by atoms with Crippen molar-refractivity contribution in [3.05, 3.63) is 28.8 Å². The third kappa shape index (κ3) is 3.17. The van der Waals surface area contributed by atoms with Crippen molar-refractivity contribution in [3.63, 3.8) is 0 Å². The number of nitriles is 1. The fourth-order valence-electron chi connectivity index (χ4n) is 2.64. The smallest absolute Gasteiger partial charge is 0.0992 e. The standard InChI is InChI=1S/C15H19ClN2/c1-2-11-3-6-13(7-4-11)18-15-9-12(10-17)5-8-14(15)16/h5,8-9,11,13,18H,2-4,6-7H2,1H3. The summed E-state index contributed by atoms with van der Waals surface area (Å²) in [6.45, 7) is 2.27. The first-order valence-electron chi connectivity index (χ1n) is 6.69. The Hall–Kier alpha value is -1.20. The van der Waals surface area contributed by atoms with Crippen LogP contribution < -0.4 is 5.32 Å². The highest BCUT2D eigenvalue weighted by Crippen LogP contribution is 2.30. The molecule has 0 atom stereocenters. The van der Waals surface area contributed by atoms with Gasteiger partial charge in [0.15, 0.2) is 0 Å². The molecule has 1 saturated carbocycles. The van der Waals surface area contributed by atoms with Gasteiger partial charge in [-0.15, -0.1) is 0 Å². The van der Waals surface area contributed by atoms with Crippen molar-refractivity contribution in [3.8, 4) is 6.07 Å². The third-order valence-corrected chi connectivity index (χ3v) is 4.21. The van der Waals surface area contributed by atoms with E-state index < -0.39 is 0 Å². The summed E-state index contributed by atoms with van der Waals surface area (Å²) in [6, 6.07) is 8.03. The van der Waals surface area contributed by atoms with Crippen molar-refractivity contribution in [2.24, 2.45) is 5.92 Å². The van der Waals surface area contributed by atoms with Gasteiger partial charge in [0.05, 0.1) is 22.3 Å². The number of hydrogen-bond acceptors (Lipinski definition) is 2. The van der Waals surface area contributed by atoms with E-state index in [0.717, 1.165) is 11.6 Å². The van der Waals surface area contributed by atoms with Crippen molar-refractivity contribution < 1.29 is 0 Å². The van der Waals surface area contributed by atoms with Gasteiger partial charge in [-0.3, -0.25) is 0 Å². The van der Waals surface area contributed by atoms with Crippen LogP contribution in [0.1, 0.15) is 44.6 Å². The van der Waals surface area contributed by atoms with Crippen LogP contribution in [0, 0.1) is 17.2 Å². The quantitative estimate of drug-likeness (QED) is 0.865. The molecule has 18 heavy (non-hydrogen) atoms. The Kier molecular flexibility index (Phi) is 4.49. The van der Waals surface area contributed by atoms with E-state index in [1.165, 1.54) is 32.1 Å². The van der Waals surface area contributed by atoms with E-state index in [4.69, 9.17) is 16.9 Å². The summed E-state index contributed by atoms with van der Waals surface area (Å²) in [6.07, 6.45) is 6.28. The maximum absolute atomic E-state index is 8.90. The molecule has 0 aromatic heterocycles. The highest BCUT2D eigenvalue weighted by molar-refractivity contribution is 6.33. The fraction of sp³-hybridized carbons (Fsp3) is 0.533. The molecule has 1 aromatic carbocycles. The number of hydrogen-bond donors (Lipinski definition) is 1. The lowest BCUT2D eigenvalue weighted by Gasteiger charge is -2.29. The van der Waals surface area contributed by atoms with Gasteiger partial charge in [-0.25, -0.2) is 0 Å². The lowest BCUT2D eigenvalue weighted by atomic mass is 9.84. The lowest BCUT2D eigenvalue weighted by Crippen LogP contribution is -2.26. The van der Waals surface area contributed by atoms with Gasteiger partial charge in [0, 0.05) is 6.04 Å². The zero-order valence-electron chi connectivity index (χ0n) is 10.7. The molecule has 0 saturated heterocycles. The Labute approximate surface area is 114 Å². The van der Waals surface area contributed by atoms with Crippen LogP contribution in [0.4, 0.5) is 5.69 Å². The van der Waals surface area contributed by atoms with Gasteiger partial charge in [-0.05, 0) is 49.8 Å². The Morgan fingerprint density at radius 1 is 1.33 bits per heavy atom. The molecule has 0 aliphatic heterocycles. The van der Waals surface area contributed by atoms with Crippen LogP contribution in [-0.4, -0.2) is 6.04 Å². The van der Waals surface area contributed by atoms with Gasteiger partial charge >= 0.3 is 0 Å². The molecule has 0 spiro atoms. The number of anilines is 1. The van der Waals surface area contributed by atoms with Crippen LogP contribution in [0.25, 0.3) is 0 Å². The first-order chi connectivity index (χ1) is 8.72. The third-order valence-electron chi connectivity index (χ3n) is 3.88. The molecular formula is C15H19ClN2. The van der Waals surface area contributed by atoms with Crippen molar-refractivity contribution in [2.45, 2.75) is 45.1 Å². The summed E-state index contributed by atoms with van der Waals surface area (Å²) in [5.74, 6) is 0.893. The molecule has 2 rings (SSSR count). The van der Waals surface area contributed by atoms with Crippen LogP contribution in [0.5, 0.6) is 0 Å². The van der Waals surface area contributed by atoms with Gasteiger partial charge in [0.1, 0.15) is 0 Å². The molecule has 0 bridgehead atoms. The highest BCUT2D eigenvalue weighted by atomic mass is 35.5. The Morgan fingerprint density at radius 3 is 2.67 bits per heavy atom. The van der Waals surface area contributed by atoms with Crippen molar-refractivity contribution >= 4 is 17.3 Å². The first-order valence-corrected chi connectivity index (χ1v) is 7.07. The summed E-state index contributed by atoms with van der Waals surface area (Å²) in [5.41, 5.74) is 1.56. The van der Waals surface area contributed by atoms with Crippen molar-refractivity contribution in [2.75, 3.05) is 5.32 Å². The van der Waals surface area contributed by atoms with E-state index >= 15 is 0 Å². The van der Waals surface area contributed by atoms with Crippen molar-refractivity contribution in [1.29, 1.82) is 5.26 Å². The van der Waals surface area contributed by atoms with Gasteiger partial charge in [0.25, 0.3) is 0 Å². The predicted octanol–water partition coefficient (Wildman–Crippen LogP) is 4.59. The number of nitrogens with one attached hydrogen (secondary N) is 1. The number of rotatable bonds is 3. The molecule has 0 heterocycles. The van der Waals surface area contributed by atoms with E-state index in [1.807, 2.05) is 6.07 Å². The van der Waals surface area contributed by atoms with Crippen LogP contribution in [0.2, 0.25) is 5.02 Å². The largest absolute Gasteiger partial charge is 0.381 e.